The first-order valence-corrected chi connectivity index (χ1v) is 10.6. The molecule has 0 saturated heterocycles. The van der Waals surface area contributed by atoms with E-state index in [4.69, 9.17) is 4.98 Å². The van der Waals surface area contributed by atoms with Crippen molar-refractivity contribution in [2.45, 2.75) is 39.7 Å². The van der Waals surface area contributed by atoms with Gasteiger partial charge in [-0.05, 0) is 50.5 Å². The van der Waals surface area contributed by atoms with Gasteiger partial charge < -0.3 is 10.2 Å². The van der Waals surface area contributed by atoms with Crippen molar-refractivity contribution in [1.29, 1.82) is 0 Å². The molecule has 1 amide bonds. The second-order valence-corrected chi connectivity index (χ2v) is 8.42. The molecule has 2 heterocycles. The van der Waals surface area contributed by atoms with Crippen molar-refractivity contribution in [3.05, 3.63) is 75.2 Å². The number of hydrogen-bond acceptors (Lipinski definition) is 4. The van der Waals surface area contributed by atoms with Gasteiger partial charge >= 0.3 is 0 Å². The SMILES string of the molecule is Cc1ccc(NC(=O)Cc2nc(CN3CCCc4cc(C)ccc43)cs2)cc1. The number of amides is 1. The molecule has 1 aromatic heterocycles. The van der Waals surface area contributed by atoms with Crippen LogP contribution in [0.25, 0.3) is 0 Å². The zero-order chi connectivity index (χ0) is 19.5. The van der Waals surface area contributed by atoms with Gasteiger partial charge in [-0.3, -0.25) is 4.79 Å². The van der Waals surface area contributed by atoms with Gasteiger partial charge in [-0.25, -0.2) is 4.98 Å². The van der Waals surface area contributed by atoms with Crippen LogP contribution >= 0.6 is 11.3 Å². The van der Waals surface area contributed by atoms with Crippen LogP contribution in [0.3, 0.4) is 0 Å². The number of aromatic nitrogens is 1. The predicted octanol–water partition coefficient (Wildman–Crippen LogP) is 4.89. The number of hydrogen-bond donors (Lipinski definition) is 1. The molecule has 4 rings (SSSR count). The molecular formula is C23H25N3OS. The minimum atomic E-state index is -0.0245. The molecule has 28 heavy (non-hydrogen) atoms. The molecule has 144 valence electrons. The monoisotopic (exact) mass is 391 g/mol. The molecule has 1 aliphatic heterocycles. The Bertz CT molecular complexity index is 978. The van der Waals surface area contributed by atoms with Crippen molar-refractivity contribution in [3.63, 3.8) is 0 Å². The van der Waals surface area contributed by atoms with Crippen LogP contribution in [0.2, 0.25) is 0 Å². The number of fused-ring (bicyclic) bond motifs is 1. The molecule has 3 aromatic rings. The Morgan fingerprint density at radius 1 is 1.14 bits per heavy atom. The summed E-state index contributed by atoms with van der Waals surface area (Å²) in [6, 6.07) is 14.5. The fraction of sp³-hybridized carbons (Fsp3) is 0.304. The predicted molar refractivity (Wildman–Crippen MR) is 116 cm³/mol. The van der Waals surface area contributed by atoms with Gasteiger partial charge in [0.2, 0.25) is 5.91 Å². The van der Waals surface area contributed by atoms with Crippen LogP contribution in [0, 0.1) is 13.8 Å². The van der Waals surface area contributed by atoms with Crippen LogP contribution in [-0.2, 0) is 24.2 Å². The Morgan fingerprint density at radius 3 is 2.75 bits per heavy atom. The minimum absolute atomic E-state index is 0.0245. The highest BCUT2D eigenvalue weighted by atomic mass is 32.1. The number of aryl methyl sites for hydroxylation is 3. The fourth-order valence-electron chi connectivity index (χ4n) is 3.65. The Hall–Kier alpha value is -2.66. The third kappa shape index (κ3) is 4.42. The topological polar surface area (TPSA) is 45.2 Å². The highest BCUT2D eigenvalue weighted by Gasteiger charge is 2.18. The number of anilines is 2. The van der Waals surface area contributed by atoms with E-state index in [0.29, 0.717) is 6.42 Å². The first kappa shape index (κ1) is 18.7. The lowest BCUT2D eigenvalue weighted by Gasteiger charge is -2.31. The molecule has 0 aliphatic carbocycles. The molecule has 0 radical (unpaired) electrons. The molecule has 0 fully saturated rings. The lowest BCUT2D eigenvalue weighted by atomic mass is 9.99. The van der Waals surface area contributed by atoms with E-state index in [1.165, 1.54) is 28.8 Å². The lowest BCUT2D eigenvalue weighted by molar-refractivity contribution is -0.115. The van der Waals surface area contributed by atoms with E-state index < -0.39 is 0 Å². The molecule has 0 saturated carbocycles. The number of thiazole rings is 1. The van der Waals surface area contributed by atoms with Crippen LogP contribution in [-0.4, -0.2) is 17.4 Å². The van der Waals surface area contributed by atoms with Crippen molar-refractivity contribution in [2.75, 3.05) is 16.8 Å². The molecule has 2 aromatic carbocycles. The highest BCUT2D eigenvalue weighted by Crippen LogP contribution is 2.29. The molecule has 0 bridgehead atoms. The van der Waals surface area contributed by atoms with Gasteiger partial charge in [-0.2, -0.15) is 0 Å². The van der Waals surface area contributed by atoms with Gasteiger partial charge in [0.25, 0.3) is 0 Å². The molecule has 0 spiro atoms. The Morgan fingerprint density at radius 2 is 1.93 bits per heavy atom. The third-order valence-corrected chi connectivity index (χ3v) is 5.95. The molecule has 4 nitrogen and oxygen atoms in total. The summed E-state index contributed by atoms with van der Waals surface area (Å²) in [5, 5.41) is 5.89. The van der Waals surface area contributed by atoms with Crippen LogP contribution in [0.5, 0.6) is 0 Å². The van der Waals surface area contributed by atoms with E-state index in [0.717, 1.165) is 35.9 Å². The van der Waals surface area contributed by atoms with Gasteiger partial charge in [0.15, 0.2) is 0 Å². The Balaban J connectivity index is 1.38. The third-order valence-electron chi connectivity index (χ3n) is 5.05. The number of carbonyl (C=O) groups is 1. The van der Waals surface area contributed by atoms with E-state index in [2.05, 4.69) is 40.7 Å². The quantitative estimate of drug-likeness (QED) is 0.673. The summed E-state index contributed by atoms with van der Waals surface area (Å²) in [6.45, 7) is 6.03. The largest absolute Gasteiger partial charge is 0.365 e. The summed E-state index contributed by atoms with van der Waals surface area (Å²) in [4.78, 5) is 19.4. The highest BCUT2D eigenvalue weighted by molar-refractivity contribution is 7.09. The minimum Gasteiger partial charge on any atom is -0.365 e. The summed E-state index contributed by atoms with van der Waals surface area (Å²) in [7, 11) is 0. The second kappa shape index (κ2) is 8.15. The van der Waals surface area contributed by atoms with Crippen LogP contribution in [0.1, 0.15) is 33.8 Å². The molecule has 5 heteroatoms. The molecule has 0 atom stereocenters. The average Bonchev–Trinajstić information content (AvgIpc) is 3.10. The Labute approximate surface area is 170 Å². The maximum atomic E-state index is 12.3. The number of rotatable bonds is 5. The average molecular weight is 392 g/mol. The van der Waals surface area contributed by atoms with E-state index in [9.17, 15) is 4.79 Å². The van der Waals surface area contributed by atoms with Crippen LogP contribution in [0.4, 0.5) is 11.4 Å². The molecule has 0 unspecified atom stereocenters. The van der Waals surface area contributed by atoms with Gasteiger partial charge in [0, 0.05) is 23.3 Å². The van der Waals surface area contributed by atoms with Crippen molar-refractivity contribution >= 4 is 28.6 Å². The van der Waals surface area contributed by atoms with Crippen LogP contribution in [0.15, 0.2) is 47.8 Å². The van der Waals surface area contributed by atoms with E-state index in [-0.39, 0.29) is 5.91 Å². The summed E-state index contributed by atoms with van der Waals surface area (Å²) in [5.74, 6) is -0.0245. The smallest absolute Gasteiger partial charge is 0.231 e. The number of nitrogens with zero attached hydrogens (tertiary/aromatic N) is 2. The van der Waals surface area contributed by atoms with Gasteiger partial charge in [-0.15, -0.1) is 11.3 Å². The zero-order valence-electron chi connectivity index (χ0n) is 16.4. The van der Waals surface area contributed by atoms with Crippen molar-refractivity contribution in [2.24, 2.45) is 0 Å². The number of nitrogens with one attached hydrogen (secondary N) is 1. The maximum Gasteiger partial charge on any atom is 0.231 e. The summed E-state index contributed by atoms with van der Waals surface area (Å²) in [6.07, 6.45) is 2.63. The standard InChI is InChI=1S/C23H25N3OS/c1-16-5-8-19(9-6-16)24-22(27)13-23-25-20(15-28-23)14-26-11-3-4-18-12-17(2)7-10-21(18)26/h5-10,12,15H,3-4,11,13-14H2,1-2H3,(H,24,27). The Kier molecular flexibility index (Phi) is 5.44. The van der Waals surface area contributed by atoms with Gasteiger partial charge in [-0.1, -0.05) is 35.4 Å². The molecular weight excluding hydrogens is 366 g/mol. The molecule has 1 N–H and O–H groups in total. The summed E-state index contributed by atoms with van der Waals surface area (Å²) >= 11 is 1.56. The van der Waals surface area contributed by atoms with Crippen molar-refractivity contribution < 1.29 is 4.79 Å². The number of benzene rings is 2. The normalized spacial score (nSPS) is 13.3. The van der Waals surface area contributed by atoms with E-state index >= 15 is 0 Å². The van der Waals surface area contributed by atoms with Crippen molar-refractivity contribution in [3.8, 4) is 0 Å². The van der Waals surface area contributed by atoms with E-state index in [1.807, 2.05) is 31.2 Å². The van der Waals surface area contributed by atoms with Crippen LogP contribution < -0.4 is 10.2 Å². The second-order valence-electron chi connectivity index (χ2n) is 7.48. The first-order valence-electron chi connectivity index (χ1n) is 9.71. The first-order chi connectivity index (χ1) is 13.6. The van der Waals surface area contributed by atoms with Gasteiger partial charge in [0.1, 0.15) is 5.01 Å². The van der Waals surface area contributed by atoms with E-state index in [1.54, 1.807) is 11.3 Å². The van der Waals surface area contributed by atoms with Gasteiger partial charge in [0.05, 0.1) is 18.7 Å². The maximum absolute atomic E-state index is 12.3. The molecule has 1 aliphatic rings. The lowest BCUT2D eigenvalue weighted by Crippen LogP contribution is -2.29. The fourth-order valence-corrected chi connectivity index (χ4v) is 4.43. The van der Waals surface area contributed by atoms with Crippen molar-refractivity contribution in [1.82, 2.24) is 4.98 Å². The summed E-state index contributed by atoms with van der Waals surface area (Å²) < 4.78 is 0. The summed E-state index contributed by atoms with van der Waals surface area (Å²) in [5.41, 5.74) is 7.11. The number of carbonyl (C=O) groups excluding carboxylic acids is 1. The zero-order valence-corrected chi connectivity index (χ0v) is 17.2.